The second-order valence-electron chi connectivity index (χ2n) is 4.85. The molecule has 4 nitrogen and oxygen atoms in total. The molecule has 0 aromatic heterocycles. The van der Waals surface area contributed by atoms with Crippen molar-refractivity contribution in [1.29, 1.82) is 0 Å². The van der Waals surface area contributed by atoms with Crippen LogP contribution in [0.2, 0.25) is 0 Å². The number of aliphatic hydroxyl groups excluding tert-OH is 1. The molecule has 0 fully saturated rings. The smallest absolute Gasteiger partial charge is 0.240 e. The Morgan fingerprint density at radius 1 is 1.22 bits per heavy atom. The van der Waals surface area contributed by atoms with E-state index in [0.29, 0.717) is 0 Å². The number of aryl methyl sites for hydroxylation is 1. The molecule has 0 amide bonds. The highest BCUT2D eigenvalue weighted by Crippen LogP contribution is 2.12. The summed E-state index contributed by atoms with van der Waals surface area (Å²) in [6.07, 6.45) is 0. The summed E-state index contributed by atoms with van der Waals surface area (Å²) >= 11 is 0. The third-order valence-corrected chi connectivity index (χ3v) is 4.48. The maximum absolute atomic E-state index is 12.0. The largest absolute Gasteiger partial charge is 0.396 e. The normalized spacial score (nSPS) is 13.8. The molecule has 1 aromatic rings. The highest BCUT2D eigenvalue weighted by atomic mass is 32.2. The van der Waals surface area contributed by atoms with Crippen molar-refractivity contribution in [2.45, 2.75) is 25.7 Å². The lowest BCUT2D eigenvalue weighted by Gasteiger charge is -2.18. The van der Waals surface area contributed by atoms with Gasteiger partial charge in [0.05, 0.1) is 4.90 Å². The van der Waals surface area contributed by atoms with Gasteiger partial charge in [0.2, 0.25) is 10.0 Å². The van der Waals surface area contributed by atoms with E-state index in [9.17, 15) is 8.42 Å². The van der Waals surface area contributed by atoms with Crippen molar-refractivity contribution in [1.82, 2.24) is 4.72 Å². The van der Waals surface area contributed by atoms with Crippen molar-refractivity contribution in [2.75, 3.05) is 13.2 Å². The van der Waals surface area contributed by atoms with Gasteiger partial charge >= 0.3 is 0 Å². The van der Waals surface area contributed by atoms with E-state index in [1.807, 2.05) is 20.8 Å². The molecule has 0 saturated carbocycles. The summed E-state index contributed by atoms with van der Waals surface area (Å²) in [5.74, 6) is 0.168. The first-order chi connectivity index (χ1) is 8.36. The third kappa shape index (κ3) is 4.08. The van der Waals surface area contributed by atoms with Gasteiger partial charge in [-0.2, -0.15) is 0 Å². The second-order valence-corrected chi connectivity index (χ2v) is 6.62. The van der Waals surface area contributed by atoms with E-state index in [-0.39, 0.29) is 29.9 Å². The van der Waals surface area contributed by atoms with Crippen LogP contribution in [0, 0.1) is 18.8 Å². The van der Waals surface area contributed by atoms with Crippen molar-refractivity contribution >= 4 is 10.0 Å². The standard InChI is InChI=1S/C13H21NO3S/c1-10(2)12(9-15)8-14-18(16,17)13-6-4-11(3)5-7-13/h4-7,10,12,14-15H,8-9H2,1-3H3. The Morgan fingerprint density at radius 3 is 2.22 bits per heavy atom. The molecule has 1 rings (SSSR count). The molecule has 18 heavy (non-hydrogen) atoms. The first-order valence-electron chi connectivity index (χ1n) is 6.04. The van der Waals surface area contributed by atoms with E-state index >= 15 is 0 Å². The van der Waals surface area contributed by atoms with Crippen molar-refractivity contribution in [3.63, 3.8) is 0 Å². The summed E-state index contributed by atoms with van der Waals surface area (Å²) in [6, 6.07) is 6.70. The highest BCUT2D eigenvalue weighted by Gasteiger charge is 2.18. The lowest BCUT2D eigenvalue weighted by atomic mass is 9.97. The fourth-order valence-corrected chi connectivity index (χ4v) is 2.62. The lowest BCUT2D eigenvalue weighted by Crippen LogP contribution is -2.33. The Morgan fingerprint density at radius 2 is 1.78 bits per heavy atom. The minimum absolute atomic E-state index is 0.0198. The van der Waals surface area contributed by atoms with Gasteiger partial charge in [-0.3, -0.25) is 0 Å². The van der Waals surface area contributed by atoms with Crippen molar-refractivity contribution in [3.05, 3.63) is 29.8 Å². The van der Waals surface area contributed by atoms with Gasteiger partial charge < -0.3 is 5.11 Å². The monoisotopic (exact) mass is 271 g/mol. The van der Waals surface area contributed by atoms with Gasteiger partial charge in [0.15, 0.2) is 0 Å². The Hall–Kier alpha value is -0.910. The summed E-state index contributed by atoms with van der Waals surface area (Å²) in [6.45, 7) is 6.06. The van der Waals surface area contributed by atoms with Crippen LogP contribution in [0.15, 0.2) is 29.2 Å². The molecule has 0 aliphatic heterocycles. The van der Waals surface area contributed by atoms with Crippen LogP contribution in [0.3, 0.4) is 0 Å². The van der Waals surface area contributed by atoms with Crippen molar-refractivity contribution < 1.29 is 13.5 Å². The molecule has 0 radical (unpaired) electrons. The fourth-order valence-electron chi connectivity index (χ4n) is 1.53. The molecular weight excluding hydrogens is 250 g/mol. The van der Waals surface area contributed by atoms with E-state index in [4.69, 9.17) is 5.11 Å². The quantitative estimate of drug-likeness (QED) is 0.824. The molecule has 0 spiro atoms. The maximum atomic E-state index is 12.0. The van der Waals surface area contributed by atoms with Crippen LogP contribution in [0.4, 0.5) is 0 Å². The van der Waals surface area contributed by atoms with Gasteiger partial charge in [0.1, 0.15) is 0 Å². The molecule has 1 atom stereocenters. The lowest BCUT2D eigenvalue weighted by molar-refractivity contribution is 0.191. The molecule has 5 heteroatoms. The van der Waals surface area contributed by atoms with Crippen LogP contribution in [0.25, 0.3) is 0 Å². The van der Waals surface area contributed by atoms with Crippen molar-refractivity contribution in [2.24, 2.45) is 11.8 Å². The minimum atomic E-state index is -3.48. The topological polar surface area (TPSA) is 66.4 Å². The minimum Gasteiger partial charge on any atom is -0.396 e. The molecule has 1 unspecified atom stereocenters. The summed E-state index contributed by atoms with van der Waals surface area (Å²) < 4.78 is 26.5. The van der Waals surface area contributed by atoms with Gasteiger partial charge in [0, 0.05) is 13.2 Å². The number of benzene rings is 1. The van der Waals surface area contributed by atoms with E-state index in [0.717, 1.165) is 5.56 Å². The Bertz CT molecular complexity index is 466. The zero-order valence-electron chi connectivity index (χ0n) is 11.1. The number of aliphatic hydroxyl groups is 1. The molecule has 0 saturated heterocycles. The molecule has 0 bridgehead atoms. The van der Waals surface area contributed by atoms with Crippen LogP contribution in [-0.2, 0) is 10.0 Å². The van der Waals surface area contributed by atoms with Crippen LogP contribution in [0.5, 0.6) is 0 Å². The average molecular weight is 271 g/mol. The van der Waals surface area contributed by atoms with Crippen LogP contribution in [0.1, 0.15) is 19.4 Å². The Labute approximate surface area is 109 Å². The van der Waals surface area contributed by atoms with Gasteiger partial charge in [-0.15, -0.1) is 0 Å². The Balaban J connectivity index is 2.73. The summed E-state index contributed by atoms with van der Waals surface area (Å²) in [4.78, 5) is 0.258. The van der Waals surface area contributed by atoms with Crippen LogP contribution >= 0.6 is 0 Å². The number of nitrogens with one attached hydrogen (secondary N) is 1. The number of rotatable bonds is 6. The average Bonchev–Trinajstić information content (AvgIpc) is 2.29. The molecule has 0 aliphatic carbocycles. The van der Waals surface area contributed by atoms with Crippen molar-refractivity contribution in [3.8, 4) is 0 Å². The molecule has 0 heterocycles. The van der Waals surface area contributed by atoms with E-state index < -0.39 is 10.0 Å². The van der Waals surface area contributed by atoms with Gasteiger partial charge in [0.25, 0.3) is 0 Å². The third-order valence-electron chi connectivity index (χ3n) is 3.04. The number of hydrogen-bond acceptors (Lipinski definition) is 3. The predicted molar refractivity (Wildman–Crippen MR) is 71.8 cm³/mol. The summed E-state index contributed by atoms with van der Waals surface area (Å²) in [5, 5.41) is 9.17. The first kappa shape index (κ1) is 15.1. The van der Waals surface area contributed by atoms with E-state index in [2.05, 4.69) is 4.72 Å². The SMILES string of the molecule is Cc1ccc(S(=O)(=O)NCC(CO)C(C)C)cc1. The fraction of sp³-hybridized carbons (Fsp3) is 0.538. The number of hydrogen-bond donors (Lipinski definition) is 2. The van der Waals surface area contributed by atoms with Crippen LogP contribution in [-0.4, -0.2) is 26.7 Å². The van der Waals surface area contributed by atoms with Gasteiger partial charge in [-0.05, 0) is 30.9 Å². The maximum Gasteiger partial charge on any atom is 0.240 e. The number of sulfonamides is 1. The van der Waals surface area contributed by atoms with Gasteiger partial charge in [-0.1, -0.05) is 31.5 Å². The zero-order chi connectivity index (χ0) is 13.8. The van der Waals surface area contributed by atoms with E-state index in [1.165, 1.54) is 0 Å². The highest BCUT2D eigenvalue weighted by molar-refractivity contribution is 7.89. The summed E-state index contributed by atoms with van der Waals surface area (Å²) in [7, 11) is -3.48. The molecule has 0 aliphatic rings. The molecule has 2 N–H and O–H groups in total. The molecular formula is C13H21NO3S. The Kier molecular flexibility index (Phi) is 5.31. The summed E-state index contributed by atoms with van der Waals surface area (Å²) in [5.41, 5.74) is 1.02. The molecule has 102 valence electrons. The van der Waals surface area contributed by atoms with E-state index in [1.54, 1.807) is 24.3 Å². The molecule has 1 aromatic carbocycles. The second kappa shape index (κ2) is 6.31. The van der Waals surface area contributed by atoms with Gasteiger partial charge in [-0.25, -0.2) is 13.1 Å². The van der Waals surface area contributed by atoms with Crippen LogP contribution < -0.4 is 4.72 Å². The predicted octanol–water partition coefficient (Wildman–Crippen LogP) is 1.54. The first-order valence-corrected chi connectivity index (χ1v) is 7.52. The zero-order valence-corrected chi connectivity index (χ0v) is 11.9.